The number of anilines is 2. The van der Waals surface area contributed by atoms with Crippen LogP contribution in [0.3, 0.4) is 0 Å². The number of nitrogens with one attached hydrogen (secondary N) is 2. The maximum atomic E-state index is 12.4. The average molecular weight is 459 g/mol. The van der Waals surface area contributed by atoms with E-state index in [1.54, 1.807) is 44.7 Å². The number of methoxy groups -OCH3 is 2. The highest BCUT2D eigenvalue weighted by Gasteiger charge is 2.08. The molecule has 1 aromatic heterocycles. The number of hydrogen-bond donors (Lipinski definition) is 2. The van der Waals surface area contributed by atoms with Gasteiger partial charge in [0.05, 0.1) is 26.1 Å². The molecule has 7 nitrogen and oxygen atoms in total. The maximum absolute atomic E-state index is 12.4. The van der Waals surface area contributed by atoms with Crippen molar-refractivity contribution in [1.29, 1.82) is 0 Å². The van der Waals surface area contributed by atoms with Crippen LogP contribution in [0, 0.1) is 0 Å². The van der Waals surface area contributed by atoms with E-state index >= 15 is 0 Å². The van der Waals surface area contributed by atoms with Crippen molar-refractivity contribution < 1.29 is 14.3 Å². The summed E-state index contributed by atoms with van der Waals surface area (Å²) in [6.45, 7) is 0. The summed E-state index contributed by atoms with van der Waals surface area (Å²) < 4.78 is 10.5. The van der Waals surface area contributed by atoms with Crippen LogP contribution in [0.15, 0.2) is 83.3 Å². The molecule has 0 bridgehead atoms. The quantitative estimate of drug-likeness (QED) is 0.275. The number of hydrogen-bond acceptors (Lipinski definition) is 7. The number of nitrogens with zero attached hydrogens (tertiary/aromatic N) is 2. The van der Waals surface area contributed by atoms with Crippen molar-refractivity contribution in [2.75, 3.05) is 19.5 Å². The number of carbonyl (C=O) groups excluding carboxylic acids is 1. The van der Waals surface area contributed by atoms with Gasteiger partial charge in [0, 0.05) is 22.2 Å². The molecule has 0 saturated carbocycles. The van der Waals surface area contributed by atoms with Gasteiger partial charge in [0.2, 0.25) is 0 Å². The molecule has 8 heteroatoms. The lowest BCUT2D eigenvalue weighted by atomic mass is 10.1. The van der Waals surface area contributed by atoms with Gasteiger partial charge in [0.25, 0.3) is 5.91 Å². The third-order valence-corrected chi connectivity index (χ3v) is 5.52. The first-order valence-corrected chi connectivity index (χ1v) is 11.0. The Balaban J connectivity index is 1.37. The van der Waals surface area contributed by atoms with E-state index in [0.29, 0.717) is 17.1 Å². The molecule has 0 unspecified atom stereocenters. The number of benzene rings is 3. The van der Waals surface area contributed by atoms with Gasteiger partial charge in [-0.3, -0.25) is 4.79 Å². The predicted molar refractivity (Wildman–Crippen MR) is 132 cm³/mol. The molecule has 1 heterocycles. The second kappa shape index (κ2) is 10.4. The minimum Gasteiger partial charge on any atom is -0.493 e. The van der Waals surface area contributed by atoms with E-state index in [0.717, 1.165) is 27.6 Å². The van der Waals surface area contributed by atoms with E-state index < -0.39 is 0 Å². The Bertz CT molecular complexity index is 1250. The van der Waals surface area contributed by atoms with Crippen molar-refractivity contribution in [2.45, 2.75) is 0 Å². The Hall–Kier alpha value is -4.17. The normalized spacial score (nSPS) is 10.7. The van der Waals surface area contributed by atoms with E-state index in [9.17, 15) is 4.79 Å². The first-order chi connectivity index (χ1) is 16.2. The van der Waals surface area contributed by atoms with Crippen LogP contribution in [0.1, 0.15) is 15.9 Å². The minimum atomic E-state index is -0.303. The van der Waals surface area contributed by atoms with E-state index in [1.165, 1.54) is 11.3 Å². The maximum Gasteiger partial charge on any atom is 0.271 e. The van der Waals surface area contributed by atoms with Crippen LogP contribution in [0.25, 0.3) is 11.3 Å². The molecule has 2 N–H and O–H groups in total. The molecular formula is C25H22N4O3S. The number of rotatable bonds is 8. The van der Waals surface area contributed by atoms with Crippen molar-refractivity contribution >= 4 is 34.3 Å². The van der Waals surface area contributed by atoms with Gasteiger partial charge in [0.15, 0.2) is 16.6 Å². The molecular weight excluding hydrogens is 436 g/mol. The summed E-state index contributed by atoms with van der Waals surface area (Å²) in [6.07, 6.45) is 1.55. The third-order valence-electron chi connectivity index (χ3n) is 4.76. The standard InChI is InChI=1S/C25H22N4O3S/c1-31-22-13-8-17(14-23(22)32-2)15-26-29-24(30)19-11-9-18(10-12-19)21-16-33-25(28-21)27-20-6-4-3-5-7-20/h3-16H,1-2H3,(H,27,28)(H,29,30)/b26-15-. The summed E-state index contributed by atoms with van der Waals surface area (Å²) in [5.74, 6) is 0.914. The van der Waals surface area contributed by atoms with Crippen LogP contribution < -0.4 is 20.2 Å². The van der Waals surface area contributed by atoms with Crippen LogP contribution in [0.5, 0.6) is 11.5 Å². The monoisotopic (exact) mass is 458 g/mol. The van der Waals surface area contributed by atoms with Crippen LogP contribution in [0.2, 0.25) is 0 Å². The van der Waals surface area contributed by atoms with Gasteiger partial charge in [-0.15, -0.1) is 11.3 Å². The fourth-order valence-corrected chi connectivity index (χ4v) is 3.80. The number of hydrazone groups is 1. The van der Waals surface area contributed by atoms with Crippen molar-refractivity contribution in [1.82, 2.24) is 10.4 Å². The topological polar surface area (TPSA) is 84.8 Å². The number of ether oxygens (including phenoxy) is 2. The molecule has 1 amide bonds. The van der Waals surface area contributed by atoms with Gasteiger partial charge < -0.3 is 14.8 Å². The third kappa shape index (κ3) is 5.55. The lowest BCUT2D eigenvalue weighted by molar-refractivity contribution is 0.0955. The number of thiazole rings is 1. The Labute approximate surface area is 195 Å². The minimum absolute atomic E-state index is 0.303. The fraction of sp³-hybridized carbons (Fsp3) is 0.0800. The van der Waals surface area contributed by atoms with Crippen LogP contribution in [-0.2, 0) is 0 Å². The molecule has 0 radical (unpaired) electrons. The summed E-state index contributed by atoms with van der Waals surface area (Å²) >= 11 is 1.53. The summed E-state index contributed by atoms with van der Waals surface area (Å²) in [6, 6.07) is 22.5. The smallest absolute Gasteiger partial charge is 0.271 e. The van der Waals surface area contributed by atoms with Gasteiger partial charge in [0.1, 0.15) is 0 Å². The molecule has 0 aliphatic carbocycles. The van der Waals surface area contributed by atoms with Crippen molar-refractivity contribution in [3.63, 3.8) is 0 Å². The van der Waals surface area contributed by atoms with E-state index in [2.05, 4.69) is 20.8 Å². The molecule has 0 spiro atoms. The van der Waals surface area contributed by atoms with Gasteiger partial charge in [-0.05, 0) is 48.0 Å². The van der Waals surface area contributed by atoms with Crippen molar-refractivity contribution in [3.8, 4) is 22.8 Å². The van der Waals surface area contributed by atoms with Crippen LogP contribution in [0.4, 0.5) is 10.8 Å². The zero-order valence-electron chi connectivity index (χ0n) is 18.1. The molecule has 4 rings (SSSR count). The van der Waals surface area contributed by atoms with E-state index in [4.69, 9.17) is 9.47 Å². The summed E-state index contributed by atoms with van der Waals surface area (Å²) in [7, 11) is 3.14. The molecule has 33 heavy (non-hydrogen) atoms. The Kier molecular flexibility index (Phi) is 6.96. The Morgan fingerprint density at radius 3 is 2.45 bits per heavy atom. The fourth-order valence-electron chi connectivity index (χ4n) is 3.06. The molecule has 0 aliphatic rings. The highest BCUT2D eigenvalue weighted by atomic mass is 32.1. The molecule has 4 aromatic rings. The SMILES string of the molecule is COc1ccc(/C=N\NC(=O)c2ccc(-c3csc(Nc4ccccc4)n3)cc2)cc1OC. The van der Waals surface area contributed by atoms with Crippen molar-refractivity contribution in [3.05, 3.63) is 89.3 Å². The van der Waals surface area contributed by atoms with Crippen molar-refractivity contribution in [2.24, 2.45) is 5.10 Å². The second-order valence-electron chi connectivity index (χ2n) is 6.92. The molecule has 166 valence electrons. The summed E-state index contributed by atoms with van der Waals surface area (Å²) in [5.41, 5.74) is 6.57. The van der Waals surface area contributed by atoms with Crippen LogP contribution in [-0.4, -0.2) is 31.3 Å². The molecule has 0 fully saturated rings. The summed E-state index contributed by atoms with van der Waals surface area (Å²) in [5, 5.41) is 10.1. The number of aromatic nitrogens is 1. The molecule has 3 aromatic carbocycles. The number of amides is 1. The highest BCUT2D eigenvalue weighted by Crippen LogP contribution is 2.28. The van der Waals surface area contributed by atoms with Gasteiger partial charge in [-0.2, -0.15) is 5.10 Å². The Morgan fingerprint density at radius 1 is 0.970 bits per heavy atom. The molecule has 0 saturated heterocycles. The van der Waals surface area contributed by atoms with E-state index in [-0.39, 0.29) is 5.91 Å². The van der Waals surface area contributed by atoms with Gasteiger partial charge in [-0.1, -0.05) is 30.3 Å². The Morgan fingerprint density at radius 2 is 1.73 bits per heavy atom. The van der Waals surface area contributed by atoms with Gasteiger partial charge >= 0.3 is 0 Å². The summed E-state index contributed by atoms with van der Waals surface area (Å²) in [4.78, 5) is 17.0. The predicted octanol–water partition coefficient (Wildman–Crippen LogP) is 5.33. The first-order valence-electron chi connectivity index (χ1n) is 10.1. The largest absolute Gasteiger partial charge is 0.493 e. The second-order valence-corrected chi connectivity index (χ2v) is 7.78. The number of carbonyl (C=O) groups is 1. The van der Waals surface area contributed by atoms with E-state index in [1.807, 2.05) is 53.9 Å². The van der Waals surface area contributed by atoms with Crippen LogP contribution >= 0.6 is 11.3 Å². The molecule has 0 aliphatic heterocycles. The molecule has 0 atom stereocenters. The number of para-hydroxylation sites is 1. The zero-order chi connectivity index (χ0) is 23.0. The zero-order valence-corrected chi connectivity index (χ0v) is 18.9. The highest BCUT2D eigenvalue weighted by molar-refractivity contribution is 7.14. The first kappa shape index (κ1) is 22.0. The average Bonchev–Trinajstić information content (AvgIpc) is 3.33. The lowest BCUT2D eigenvalue weighted by Crippen LogP contribution is -2.17. The van der Waals surface area contributed by atoms with Gasteiger partial charge in [-0.25, -0.2) is 10.4 Å². The lowest BCUT2D eigenvalue weighted by Gasteiger charge is -2.07.